The maximum atomic E-state index is 6.92. The van der Waals surface area contributed by atoms with Crippen LogP contribution in [0.1, 0.15) is 47.2 Å². The molecule has 2 aliphatic carbocycles. The molecule has 2 aromatic heterocycles. The van der Waals surface area contributed by atoms with Gasteiger partial charge in [-0.05, 0) is 104 Å². The molecule has 2 heterocycles. The number of hydrogen-bond acceptors (Lipinski definition) is 3. The lowest BCUT2D eigenvalue weighted by Gasteiger charge is -2.46. The van der Waals surface area contributed by atoms with Gasteiger partial charge in [0.15, 0.2) is 0 Å². The average molecular weight is 858 g/mol. The quantitative estimate of drug-likeness (QED) is 0.173. The third kappa shape index (κ3) is 5.23. The van der Waals surface area contributed by atoms with Crippen molar-refractivity contribution in [1.29, 1.82) is 0 Å². The number of benzene rings is 10. The molecule has 10 aromatic carbocycles. The van der Waals surface area contributed by atoms with Gasteiger partial charge in [-0.25, -0.2) is 0 Å². The van der Waals surface area contributed by atoms with E-state index in [2.05, 4.69) is 225 Å². The Morgan fingerprint density at radius 2 is 0.940 bits per heavy atom. The Hall–Kier alpha value is -8.40. The van der Waals surface area contributed by atoms with Crippen LogP contribution in [-0.4, -0.2) is 0 Å². The fourth-order valence-corrected chi connectivity index (χ4v) is 12.1. The van der Waals surface area contributed by atoms with Crippen molar-refractivity contribution in [3.8, 4) is 33.6 Å². The number of furan rings is 2. The number of para-hydroxylation sites is 3. The topological polar surface area (TPSA) is 29.5 Å². The van der Waals surface area contributed by atoms with Gasteiger partial charge in [-0.15, -0.1) is 0 Å². The van der Waals surface area contributed by atoms with Crippen LogP contribution >= 0.6 is 0 Å². The maximum absolute atomic E-state index is 6.92. The minimum Gasteiger partial charge on any atom is -0.455 e. The lowest BCUT2D eigenvalue weighted by atomic mass is 9.55. The van der Waals surface area contributed by atoms with Gasteiger partial charge in [0.05, 0.1) is 16.7 Å². The summed E-state index contributed by atoms with van der Waals surface area (Å²) < 4.78 is 13.6. The smallest absolute Gasteiger partial charge is 0.147 e. The molecule has 67 heavy (non-hydrogen) atoms. The molecule has 0 aliphatic heterocycles. The van der Waals surface area contributed by atoms with E-state index in [4.69, 9.17) is 8.83 Å². The van der Waals surface area contributed by atoms with Crippen LogP contribution in [0.5, 0.6) is 0 Å². The summed E-state index contributed by atoms with van der Waals surface area (Å²) in [7, 11) is 0. The Morgan fingerprint density at radius 3 is 1.73 bits per heavy atom. The van der Waals surface area contributed by atoms with Crippen LogP contribution < -0.4 is 4.90 Å². The number of rotatable bonds is 5. The van der Waals surface area contributed by atoms with Crippen LogP contribution in [0.25, 0.3) is 77.3 Å². The molecule has 0 saturated heterocycles. The molecule has 14 rings (SSSR count). The Kier molecular flexibility index (Phi) is 7.95. The predicted molar refractivity (Wildman–Crippen MR) is 276 cm³/mol. The molecule has 0 bridgehead atoms. The van der Waals surface area contributed by atoms with Gasteiger partial charge in [0.25, 0.3) is 0 Å². The molecule has 0 atom stereocenters. The molecule has 0 N–H and O–H groups in total. The third-order valence-corrected chi connectivity index (χ3v) is 14.9. The molecule has 0 fully saturated rings. The molecule has 12 aromatic rings. The second kappa shape index (κ2) is 14.1. The number of hydrogen-bond donors (Lipinski definition) is 0. The van der Waals surface area contributed by atoms with Gasteiger partial charge < -0.3 is 13.7 Å². The minimum atomic E-state index is -0.524. The number of anilines is 3. The van der Waals surface area contributed by atoms with E-state index in [1.807, 2.05) is 18.2 Å². The second-order valence-electron chi connectivity index (χ2n) is 18.7. The highest BCUT2D eigenvalue weighted by atomic mass is 16.3. The summed E-state index contributed by atoms with van der Waals surface area (Å²) in [5.41, 5.74) is 18.6. The fraction of sp³-hybridized carbons (Fsp3) is 0.0625. The predicted octanol–water partition coefficient (Wildman–Crippen LogP) is 17.3. The van der Waals surface area contributed by atoms with Gasteiger partial charge in [-0.3, -0.25) is 0 Å². The molecular formula is C64H43NO2. The summed E-state index contributed by atoms with van der Waals surface area (Å²) in [4.78, 5) is 2.48. The van der Waals surface area contributed by atoms with Crippen LogP contribution in [0.3, 0.4) is 0 Å². The van der Waals surface area contributed by atoms with Gasteiger partial charge in [-0.1, -0.05) is 190 Å². The van der Waals surface area contributed by atoms with E-state index in [9.17, 15) is 0 Å². The maximum Gasteiger partial charge on any atom is 0.147 e. The Morgan fingerprint density at radius 1 is 0.373 bits per heavy atom. The summed E-state index contributed by atoms with van der Waals surface area (Å²) in [6, 6.07) is 82.0. The largest absolute Gasteiger partial charge is 0.455 e. The zero-order chi connectivity index (χ0) is 44.4. The van der Waals surface area contributed by atoms with Crippen molar-refractivity contribution in [1.82, 2.24) is 0 Å². The Labute approximate surface area is 388 Å². The number of fused-ring (bicyclic) bond motifs is 14. The van der Waals surface area contributed by atoms with Gasteiger partial charge in [0.1, 0.15) is 22.5 Å². The normalized spacial score (nSPS) is 14.1. The molecule has 0 radical (unpaired) electrons. The molecule has 2 aliphatic rings. The summed E-state index contributed by atoms with van der Waals surface area (Å²) in [6.07, 6.45) is 0. The molecule has 1 spiro atoms. The summed E-state index contributed by atoms with van der Waals surface area (Å²) in [5.74, 6) is 0.786. The van der Waals surface area contributed by atoms with Gasteiger partial charge in [0.2, 0.25) is 0 Å². The summed E-state index contributed by atoms with van der Waals surface area (Å²) in [5, 5.41) is 5.60. The fourth-order valence-electron chi connectivity index (χ4n) is 12.1. The molecule has 3 heteroatoms. The van der Waals surface area contributed by atoms with E-state index in [1.54, 1.807) is 0 Å². The highest BCUT2D eigenvalue weighted by molar-refractivity contribution is 6.12. The van der Waals surface area contributed by atoms with Crippen LogP contribution in [0.15, 0.2) is 233 Å². The zero-order valence-corrected chi connectivity index (χ0v) is 37.1. The highest BCUT2D eigenvalue weighted by Gasteiger charge is 2.54. The van der Waals surface area contributed by atoms with E-state index < -0.39 is 5.41 Å². The average Bonchev–Trinajstić information content (AvgIpc) is 4.05. The lowest BCUT2D eigenvalue weighted by molar-refractivity contribution is 0.563. The molecule has 316 valence electrons. The van der Waals surface area contributed by atoms with Crippen molar-refractivity contribution in [3.63, 3.8) is 0 Å². The van der Waals surface area contributed by atoms with Crippen LogP contribution in [0.4, 0.5) is 17.1 Å². The van der Waals surface area contributed by atoms with Crippen molar-refractivity contribution in [2.24, 2.45) is 0 Å². The first kappa shape index (κ1) is 37.9. The second-order valence-corrected chi connectivity index (χ2v) is 18.7. The zero-order valence-electron chi connectivity index (χ0n) is 37.1. The van der Waals surface area contributed by atoms with Crippen molar-refractivity contribution >= 4 is 60.7 Å². The number of nitrogens with zero attached hydrogens (tertiary/aromatic N) is 1. The Balaban J connectivity index is 1.04. The summed E-state index contributed by atoms with van der Waals surface area (Å²) in [6.45, 7) is 4.77. The lowest BCUT2D eigenvalue weighted by Crippen LogP contribution is -2.40. The third-order valence-electron chi connectivity index (χ3n) is 14.9. The van der Waals surface area contributed by atoms with Gasteiger partial charge in [-0.2, -0.15) is 0 Å². The molecule has 0 saturated carbocycles. The van der Waals surface area contributed by atoms with Crippen LogP contribution in [0.2, 0.25) is 0 Å². The van der Waals surface area contributed by atoms with Crippen LogP contribution in [-0.2, 0) is 10.8 Å². The van der Waals surface area contributed by atoms with E-state index in [0.717, 1.165) is 72.4 Å². The summed E-state index contributed by atoms with van der Waals surface area (Å²) >= 11 is 0. The van der Waals surface area contributed by atoms with Gasteiger partial charge in [0, 0.05) is 44.1 Å². The van der Waals surface area contributed by atoms with Crippen molar-refractivity contribution < 1.29 is 8.83 Å². The molecule has 0 unspecified atom stereocenters. The molecular weight excluding hydrogens is 815 g/mol. The molecule has 3 nitrogen and oxygen atoms in total. The van der Waals surface area contributed by atoms with Crippen molar-refractivity contribution in [2.45, 2.75) is 24.7 Å². The van der Waals surface area contributed by atoms with Crippen LogP contribution in [0, 0.1) is 0 Å². The van der Waals surface area contributed by atoms with Gasteiger partial charge >= 0.3 is 0 Å². The van der Waals surface area contributed by atoms with E-state index in [1.165, 1.54) is 55.3 Å². The first-order chi connectivity index (χ1) is 33.0. The van der Waals surface area contributed by atoms with E-state index in [-0.39, 0.29) is 5.41 Å². The SMILES string of the molecule is CC1(C)c2ccccc2C2(c3ccccc3-c3c(N(c4cccc(-c5c(-c6cccc7c6oc6ccccc67)oc6ccccc56)c4)c4ccc5ccccc5c4)cccc32)c2ccccc21. The monoisotopic (exact) mass is 857 g/mol. The van der Waals surface area contributed by atoms with E-state index in [0.29, 0.717) is 0 Å². The standard InChI is InChI=1S/C64H43NO2/c1-63(2)51-28-9-11-30-53(51)64(54-31-12-10-29-52(54)63)50-27-8-5-23-47(50)60-55(64)32-17-33-56(60)65(44-37-36-40-18-3-4-19-41(40)38-44)43-21-15-20-42(39-43)59-48-24-7-14-35-58(48)67-62(59)49-26-16-25-46-45-22-6-13-34-57(45)66-61(46)49/h3-39H,1-2H3. The van der Waals surface area contributed by atoms with Crippen molar-refractivity contribution in [2.75, 3.05) is 4.90 Å². The first-order valence-electron chi connectivity index (χ1n) is 23.2. The van der Waals surface area contributed by atoms with Crippen molar-refractivity contribution in [3.05, 3.63) is 258 Å². The first-order valence-corrected chi connectivity index (χ1v) is 23.2. The molecule has 0 amide bonds. The Bertz CT molecular complexity index is 3940. The minimum absolute atomic E-state index is 0.183. The van der Waals surface area contributed by atoms with E-state index >= 15 is 0 Å². The highest BCUT2D eigenvalue weighted by Crippen LogP contribution is 2.64.